The fraction of sp³-hybridized carbons (Fsp3) is 0.360. The number of aliphatic hydroxyl groups is 1. The molecule has 1 saturated heterocycles. The quantitative estimate of drug-likeness (QED) is 0.438. The van der Waals surface area contributed by atoms with E-state index in [4.69, 9.17) is 9.47 Å². The molecule has 2 aromatic carbocycles. The van der Waals surface area contributed by atoms with Crippen LogP contribution in [-0.2, 0) is 27.2 Å². The molecule has 1 amide bonds. The van der Waals surface area contributed by atoms with Crippen LogP contribution < -0.4 is 4.74 Å². The smallest absolute Gasteiger partial charge is 0.295 e. The number of carbonyl (C=O) groups is 2. The Labute approximate surface area is 182 Å². The molecule has 0 aliphatic carbocycles. The van der Waals surface area contributed by atoms with E-state index < -0.39 is 17.7 Å². The fourth-order valence-corrected chi connectivity index (χ4v) is 4.31. The van der Waals surface area contributed by atoms with Gasteiger partial charge >= 0.3 is 0 Å². The zero-order valence-electron chi connectivity index (χ0n) is 18.1. The third kappa shape index (κ3) is 3.83. The van der Waals surface area contributed by atoms with Crippen LogP contribution >= 0.6 is 0 Å². The summed E-state index contributed by atoms with van der Waals surface area (Å²) in [6.45, 7) is 4.61. The van der Waals surface area contributed by atoms with E-state index in [1.54, 1.807) is 19.2 Å². The summed E-state index contributed by atoms with van der Waals surface area (Å²) in [5.74, 6) is -0.675. The minimum absolute atomic E-state index is 0.0732. The Balaban J connectivity index is 1.81. The molecule has 0 bridgehead atoms. The highest BCUT2D eigenvalue weighted by molar-refractivity contribution is 6.46. The van der Waals surface area contributed by atoms with Crippen LogP contribution in [0.2, 0.25) is 0 Å². The highest BCUT2D eigenvalue weighted by Crippen LogP contribution is 2.40. The maximum Gasteiger partial charge on any atom is 0.295 e. The van der Waals surface area contributed by atoms with Crippen molar-refractivity contribution in [1.82, 2.24) is 4.90 Å². The van der Waals surface area contributed by atoms with Gasteiger partial charge in [0, 0.05) is 25.6 Å². The number of amides is 1. The lowest BCUT2D eigenvalue weighted by atomic mass is 9.93. The van der Waals surface area contributed by atoms with Crippen LogP contribution in [0, 0.1) is 0 Å². The molecule has 6 nitrogen and oxygen atoms in total. The molecule has 0 saturated carbocycles. The Morgan fingerprint density at radius 1 is 1.19 bits per heavy atom. The zero-order chi connectivity index (χ0) is 22.1. The first kappa shape index (κ1) is 21.1. The monoisotopic (exact) mass is 421 g/mol. The van der Waals surface area contributed by atoms with Gasteiger partial charge in [0.2, 0.25) is 0 Å². The Morgan fingerprint density at radius 2 is 1.94 bits per heavy atom. The van der Waals surface area contributed by atoms with Gasteiger partial charge in [-0.1, -0.05) is 31.2 Å². The van der Waals surface area contributed by atoms with Crippen molar-refractivity contribution in [2.24, 2.45) is 0 Å². The predicted molar refractivity (Wildman–Crippen MR) is 117 cm³/mol. The zero-order valence-corrected chi connectivity index (χ0v) is 18.1. The fourth-order valence-electron chi connectivity index (χ4n) is 4.31. The number of ketones is 1. The second-order valence-electron chi connectivity index (χ2n) is 8.04. The average Bonchev–Trinajstić information content (AvgIpc) is 3.27. The van der Waals surface area contributed by atoms with Crippen LogP contribution in [0.15, 0.2) is 48.0 Å². The number of hydrogen-bond acceptors (Lipinski definition) is 5. The predicted octanol–water partition coefficient (Wildman–Crippen LogP) is 3.64. The molecular formula is C25H27NO5. The van der Waals surface area contributed by atoms with Crippen LogP contribution in [0.3, 0.4) is 0 Å². The molecule has 2 atom stereocenters. The molecule has 1 N–H and O–H groups in total. The van der Waals surface area contributed by atoms with Crippen molar-refractivity contribution < 1.29 is 24.2 Å². The van der Waals surface area contributed by atoms with Crippen molar-refractivity contribution in [3.8, 4) is 5.75 Å². The Kier molecular flexibility index (Phi) is 5.83. The van der Waals surface area contributed by atoms with Gasteiger partial charge in [0.1, 0.15) is 17.6 Å². The topological polar surface area (TPSA) is 76.1 Å². The van der Waals surface area contributed by atoms with Gasteiger partial charge < -0.3 is 19.5 Å². The molecule has 2 aliphatic rings. The van der Waals surface area contributed by atoms with Gasteiger partial charge in [-0.15, -0.1) is 0 Å². The second-order valence-corrected chi connectivity index (χ2v) is 8.04. The number of carbonyl (C=O) groups excluding carboxylic acids is 2. The SMILES string of the molecule is CCc1ccc(C2C(=C(O)c3ccc4c(c3)CC(C)O4)C(=O)C(=O)N2CCOC)cc1. The number of aliphatic hydroxyl groups excluding tert-OH is 1. The van der Waals surface area contributed by atoms with Crippen molar-refractivity contribution in [3.05, 3.63) is 70.3 Å². The molecule has 2 heterocycles. The first-order valence-electron chi connectivity index (χ1n) is 10.6. The number of aryl methyl sites for hydroxylation is 1. The van der Waals surface area contributed by atoms with E-state index in [9.17, 15) is 14.7 Å². The Hall–Kier alpha value is -3.12. The summed E-state index contributed by atoms with van der Waals surface area (Å²) >= 11 is 0. The van der Waals surface area contributed by atoms with Crippen LogP contribution in [0.5, 0.6) is 5.75 Å². The van der Waals surface area contributed by atoms with Crippen LogP contribution in [0.25, 0.3) is 5.76 Å². The van der Waals surface area contributed by atoms with Crippen molar-refractivity contribution >= 4 is 17.4 Å². The van der Waals surface area contributed by atoms with Gasteiger partial charge in [0.15, 0.2) is 0 Å². The number of ether oxygens (including phenoxy) is 2. The lowest BCUT2D eigenvalue weighted by molar-refractivity contribution is -0.140. The van der Waals surface area contributed by atoms with Crippen molar-refractivity contribution in [2.45, 2.75) is 38.8 Å². The number of benzene rings is 2. The number of hydrogen-bond donors (Lipinski definition) is 1. The molecule has 0 radical (unpaired) electrons. The average molecular weight is 421 g/mol. The van der Waals surface area contributed by atoms with Gasteiger partial charge in [-0.25, -0.2) is 0 Å². The molecular weight excluding hydrogens is 394 g/mol. The highest BCUT2D eigenvalue weighted by atomic mass is 16.5. The largest absolute Gasteiger partial charge is 0.507 e. The number of likely N-dealkylation sites (tertiary alicyclic amines) is 1. The number of methoxy groups -OCH3 is 1. The summed E-state index contributed by atoms with van der Waals surface area (Å²) in [4.78, 5) is 27.3. The van der Waals surface area contributed by atoms with Gasteiger partial charge in [-0.3, -0.25) is 9.59 Å². The standard InChI is InChI=1S/C25H27NO5/c1-4-16-5-7-17(8-6-16)22-21(24(28)25(29)26(22)11-12-30-3)23(27)18-9-10-20-19(14-18)13-15(2)31-20/h5-10,14-15,22,27H,4,11-13H2,1-3H3. The molecule has 2 aliphatic heterocycles. The van der Waals surface area contributed by atoms with E-state index in [1.165, 1.54) is 4.90 Å². The normalized spacial score (nSPS) is 22.0. The number of fused-ring (bicyclic) bond motifs is 1. The summed E-state index contributed by atoms with van der Waals surface area (Å²) < 4.78 is 10.9. The maximum atomic E-state index is 13.0. The van der Waals surface area contributed by atoms with Crippen LogP contribution in [0.4, 0.5) is 0 Å². The summed E-state index contributed by atoms with van der Waals surface area (Å²) in [5, 5.41) is 11.2. The third-order valence-corrected chi connectivity index (χ3v) is 5.95. The highest BCUT2D eigenvalue weighted by Gasteiger charge is 2.45. The molecule has 162 valence electrons. The minimum Gasteiger partial charge on any atom is -0.507 e. The van der Waals surface area contributed by atoms with E-state index in [2.05, 4.69) is 6.92 Å². The molecule has 31 heavy (non-hydrogen) atoms. The summed E-state index contributed by atoms with van der Waals surface area (Å²) in [6.07, 6.45) is 1.70. The molecule has 2 unspecified atom stereocenters. The van der Waals surface area contributed by atoms with Gasteiger partial charge in [0.05, 0.1) is 18.2 Å². The molecule has 4 rings (SSSR count). The minimum atomic E-state index is -0.678. The first-order valence-corrected chi connectivity index (χ1v) is 10.6. The molecule has 0 aromatic heterocycles. The number of rotatable bonds is 6. The summed E-state index contributed by atoms with van der Waals surface area (Å²) in [6, 6.07) is 12.5. The molecule has 6 heteroatoms. The molecule has 0 spiro atoms. The lowest BCUT2D eigenvalue weighted by Crippen LogP contribution is -2.32. The van der Waals surface area contributed by atoms with Crippen molar-refractivity contribution in [3.63, 3.8) is 0 Å². The van der Waals surface area contributed by atoms with E-state index in [0.29, 0.717) is 12.2 Å². The van der Waals surface area contributed by atoms with E-state index in [1.807, 2.05) is 37.3 Å². The van der Waals surface area contributed by atoms with Crippen molar-refractivity contribution in [1.29, 1.82) is 0 Å². The molecule has 2 aromatic rings. The lowest BCUT2D eigenvalue weighted by Gasteiger charge is -2.25. The van der Waals surface area contributed by atoms with Gasteiger partial charge in [-0.2, -0.15) is 0 Å². The first-order chi connectivity index (χ1) is 14.9. The second kappa shape index (κ2) is 8.55. The van der Waals surface area contributed by atoms with Crippen LogP contribution in [0.1, 0.15) is 42.1 Å². The van der Waals surface area contributed by atoms with E-state index >= 15 is 0 Å². The molecule has 1 fully saturated rings. The number of Topliss-reactive ketones (excluding diaryl/α,β-unsaturated/α-hetero) is 1. The third-order valence-electron chi connectivity index (χ3n) is 5.95. The summed E-state index contributed by atoms with van der Waals surface area (Å²) in [7, 11) is 1.55. The Bertz CT molecular complexity index is 1040. The summed E-state index contributed by atoms with van der Waals surface area (Å²) in [5.41, 5.74) is 3.54. The number of nitrogens with zero attached hydrogens (tertiary/aromatic N) is 1. The van der Waals surface area contributed by atoms with Gasteiger partial charge in [0.25, 0.3) is 11.7 Å². The Morgan fingerprint density at radius 3 is 2.61 bits per heavy atom. The van der Waals surface area contributed by atoms with E-state index in [-0.39, 0.29) is 24.0 Å². The van der Waals surface area contributed by atoms with Crippen molar-refractivity contribution in [2.75, 3.05) is 20.3 Å². The van der Waals surface area contributed by atoms with Gasteiger partial charge in [-0.05, 0) is 48.2 Å². The van der Waals surface area contributed by atoms with E-state index in [0.717, 1.165) is 35.3 Å². The van der Waals surface area contributed by atoms with Crippen LogP contribution in [-0.4, -0.2) is 48.1 Å². The maximum absolute atomic E-state index is 13.0.